The fourth-order valence-electron chi connectivity index (χ4n) is 1.40. The lowest BCUT2D eigenvalue weighted by atomic mass is 10.3. The molecule has 1 amide bonds. The number of nitrogens with zero attached hydrogens (tertiary/aromatic N) is 3. The number of amides is 1. The lowest BCUT2D eigenvalue weighted by Gasteiger charge is -2.05. The molecule has 0 bridgehead atoms. The van der Waals surface area contributed by atoms with Gasteiger partial charge >= 0.3 is 0 Å². The second-order valence-corrected chi connectivity index (χ2v) is 3.58. The van der Waals surface area contributed by atoms with Crippen LogP contribution in [-0.2, 0) is 6.54 Å². The Morgan fingerprint density at radius 3 is 2.94 bits per heavy atom. The first kappa shape index (κ1) is 12.0. The predicted octanol–water partition coefficient (Wildman–Crippen LogP) is 0.843. The van der Waals surface area contributed by atoms with Gasteiger partial charge in [0.1, 0.15) is 5.69 Å². The van der Waals surface area contributed by atoms with Crippen LogP contribution in [0.25, 0.3) is 0 Å². The van der Waals surface area contributed by atoms with Crippen LogP contribution in [0.1, 0.15) is 16.2 Å². The topological polar surface area (TPSA) is 79.8 Å². The molecule has 0 aliphatic rings. The van der Waals surface area contributed by atoms with Gasteiger partial charge in [0, 0.05) is 25.1 Å². The summed E-state index contributed by atoms with van der Waals surface area (Å²) in [6.45, 7) is 0.331. The van der Waals surface area contributed by atoms with E-state index < -0.39 is 0 Å². The van der Waals surface area contributed by atoms with Crippen molar-refractivity contribution in [1.29, 1.82) is 0 Å². The van der Waals surface area contributed by atoms with Gasteiger partial charge in [-0.1, -0.05) is 0 Å². The lowest BCUT2D eigenvalue weighted by Crippen LogP contribution is -2.24. The monoisotopic (exact) mass is 243 g/mol. The number of carbonyl (C=O) groups excluding carboxylic acids is 1. The van der Waals surface area contributed by atoms with E-state index >= 15 is 0 Å². The van der Waals surface area contributed by atoms with Gasteiger partial charge in [-0.25, -0.2) is 0 Å². The Kier molecular flexibility index (Phi) is 3.80. The highest BCUT2D eigenvalue weighted by atomic mass is 16.1. The number of anilines is 1. The van der Waals surface area contributed by atoms with Crippen molar-refractivity contribution in [3.8, 4) is 0 Å². The summed E-state index contributed by atoms with van der Waals surface area (Å²) in [7, 11) is 1.79. The number of rotatable bonds is 4. The van der Waals surface area contributed by atoms with Crippen molar-refractivity contribution in [1.82, 2.24) is 20.5 Å². The average Bonchev–Trinajstić information content (AvgIpc) is 2.46. The van der Waals surface area contributed by atoms with Crippen molar-refractivity contribution in [2.75, 3.05) is 12.4 Å². The molecule has 2 rings (SSSR count). The third-order valence-electron chi connectivity index (χ3n) is 2.34. The van der Waals surface area contributed by atoms with Gasteiger partial charge in [-0.05, 0) is 24.3 Å². The number of hydrogen-bond donors (Lipinski definition) is 2. The standard InChI is InChI=1S/C12H13N5O/c1-13-9-4-6-14-11(7-9)12(18)15-8-10-3-2-5-16-17-10/h2-7H,8H2,1H3,(H,13,14)(H,15,18). The Bertz CT molecular complexity index is 529. The van der Waals surface area contributed by atoms with Gasteiger partial charge in [0.15, 0.2) is 0 Å². The van der Waals surface area contributed by atoms with Gasteiger partial charge in [0.2, 0.25) is 0 Å². The molecule has 92 valence electrons. The number of hydrogen-bond acceptors (Lipinski definition) is 5. The molecule has 2 aromatic heterocycles. The van der Waals surface area contributed by atoms with Gasteiger partial charge in [-0.3, -0.25) is 9.78 Å². The van der Waals surface area contributed by atoms with E-state index in [1.807, 2.05) is 0 Å². The molecule has 0 atom stereocenters. The molecule has 0 aliphatic carbocycles. The molecule has 18 heavy (non-hydrogen) atoms. The van der Waals surface area contributed by atoms with Crippen molar-refractivity contribution < 1.29 is 4.79 Å². The van der Waals surface area contributed by atoms with Crippen LogP contribution in [0.15, 0.2) is 36.7 Å². The van der Waals surface area contributed by atoms with E-state index in [1.165, 1.54) is 0 Å². The molecule has 0 spiro atoms. The highest BCUT2D eigenvalue weighted by molar-refractivity contribution is 5.92. The minimum Gasteiger partial charge on any atom is -0.388 e. The van der Waals surface area contributed by atoms with Crippen molar-refractivity contribution in [3.05, 3.63) is 48.0 Å². The van der Waals surface area contributed by atoms with Crippen LogP contribution in [0.3, 0.4) is 0 Å². The molecule has 0 aromatic carbocycles. The Balaban J connectivity index is 1.99. The smallest absolute Gasteiger partial charge is 0.270 e. The third kappa shape index (κ3) is 3.00. The van der Waals surface area contributed by atoms with Crippen molar-refractivity contribution >= 4 is 11.6 Å². The summed E-state index contributed by atoms with van der Waals surface area (Å²) in [5, 5.41) is 13.3. The molecule has 2 aromatic rings. The maximum Gasteiger partial charge on any atom is 0.270 e. The highest BCUT2D eigenvalue weighted by Crippen LogP contribution is 2.06. The molecule has 0 unspecified atom stereocenters. The van der Waals surface area contributed by atoms with Gasteiger partial charge in [-0.2, -0.15) is 10.2 Å². The molecule has 0 saturated heterocycles. The van der Waals surface area contributed by atoms with Gasteiger partial charge in [-0.15, -0.1) is 0 Å². The number of pyridine rings is 1. The summed E-state index contributed by atoms with van der Waals surface area (Å²) in [6, 6.07) is 7.05. The zero-order valence-corrected chi connectivity index (χ0v) is 9.92. The normalized spacial score (nSPS) is 9.83. The van der Waals surface area contributed by atoms with Crippen LogP contribution in [-0.4, -0.2) is 28.1 Å². The predicted molar refractivity (Wildman–Crippen MR) is 67.0 cm³/mol. The summed E-state index contributed by atoms with van der Waals surface area (Å²) in [4.78, 5) is 15.8. The van der Waals surface area contributed by atoms with Crippen LogP contribution in [0, 0.1) is 0 Å². The van der Waals surface area contributed by atoms with Crippen LogP contribution < -0.4 is 10.6 Å². The molecule has 2 N–H and O–H groups in total. The molecule has 0 fully saturated rings. The van der Waals surface area contributed by atoms with Crippen LogP contribution in [0.2, 0.25) is 0 Å². The minimum atomic E-state index is -0.238. The summed E-state index contributed by atoms with van der Waals surface area (Å²) in [5.74, 6) is -0.238. The van der Waals surface area contributed by atoms with E-state index in [4.69, 9.17) is 0 Å². The first-order valence-corrected chi connectivity index (χ1v) is 5.48. The Labute approximate surface area is 104 Å². The largest absolute Gasteiger partial charge is 0.388 e. The van der Waals surface area contributed by atoms with Crippen molar-refractivity contribution in [2.24, 2.45) is 0 Å². The van der Waals surface area contributed by atoms with E-state index in [1.54, 1.807) is 43.7 Å². The number of nitrogens with one attached hydrogen (secondary N) is 2. The first-order chi connectivity index (χ1) is 8.79. The van der Waals surface area contributed by atoms with Gasteiger partial charge in [0.05, 0.1) is 12.2 Å². The molecule has 6 heteroatoms. The van der Waals surface area contributed by atoms with Crippen molar-refractivity contribution in [3.63, 3.8) is 0 Å². The molecule has 0 radical (unpaired) electrons. The second kappa shape index (κ2) is 5.72. The van der Waals surface area contributed by atoms with Gasteiger partial charge in [0.25, 0.3) is 5.91 Å². The quantitative estimate of drug-likeness (QED) is 0.832. The molecular formula is C12H13N5O. The van der Waals surface area contributed by atoms with E-state index in [2.05, 4.69) is 25.8 Å². The van der Waals surface area contributed by atoms with E-state index in [0.717, 1.165) is 5.69 Å². The maximum absolute atomic E-state index is 11.8. The van der Waals surface area contributed by atoms with Crippen molar-refractivity contribution in [2.45, 2.75) is 6.54 Å². The zero-order chi connectivity index (χ0) is 12.8. The van der Waals surface area contributed by atoms with E-state index in [0.29, 0.717) is 17.9 Å². The Hall–Kier alpha value is -2.50. The Morgan fingerprint density at radius 2 is 2.22 bits per heavy atom. The first-order valence-electron chi connectivity index (χ1n) is 5.48. The fourth-order valence-corrected chi connectivity index (χ4v) is 1.40. The minimum absolute atomic E-state index is 0.238. The molecule has 0 saturated carbocycles. The van der Waals surface area contributed by atoms with Crippen LogP contribution >= 0.6 is 0 Å². The van der Waals surface area contributed by atoms with E-state index in [-0.39, 0.29) is 5.91 Å². The Morgan fingerprint density at radius 1 is 1.33 bits per heavy atom. The number of carbonyl (C=O) groups is 1. The highest BCUT2D eigenvalue weighted by Gasteiger charge is 2.07. The zero-order valence-electron chi connectivity index (χ0n) is 9.92. The SMILES string of the molecule is CNc1ccnc(C(=O)NCc2cccnn2)c1. The lowest BCUT2D eigenvalue weighted by molar-refractivity contribution is 0.0945. The molecule has 0 aliphatic heterocycles. The molecule has 6 nitrogen and oxygen atoms in total. The summed E-state index contributed by atoms with van der Waals surface area (Å²) in [5.41, 5.74) is 1.91. The number of aromatic nitrogens is 3. The average molecular weight is 243 g/mol. The molecule has 2 heterocycles. The van der Waals surface area contributed by atoms with E-state index in [9.17, 15) is 4.79 Å². The third-order valence-corrected chi connectivity index (χ3v) is 2.34. The fraction of sp³-hybridized carbons (Fsp3) is 0.167. The molecular weight excluding hydrogens is 230 g/mol. The van der Waals surface area contributed by atoms with Crippen LogP contribution in [0.5, 0.6) is 0 Å². The second-order valence-electron chi connectivity index (χ2n) is 3.58. The summed E-state index contributed by atoms with van der Waals surface area (Å²) >= 11 is 0. The van der Waals surface area contributed by atoms with Gasteiger partial charge < -0.3 is 10.6 Å². The van der Waals surface area contributed by atoms with Crippen LogP contribution in [0.4, 0.5) is 5.69 Å². The summed E-state index contributed by atoms with van der Waals surface area (Å²) < 4.78 is 0. The summed E-state index contributed by atoms with van der Waals surface area (Å²) in [6.07, 6.45) is 3.17. The maximum atomic E-state index is 11.8.